The number of aromatic nitrogens is 1. The Labute approximate surface area is 177 Å². The molecule has 4 aliphatic heterocycles. The van der Waals surface area contributed by atoms with Gasteiger partial charge in [0.1, 0.15) is 17.2 Å². The fourth-order valence-electron chi connectivity index (χ4n) is 4.53. The quantitative estimate of drug-likeness (QED) is 0.792. The summed E-state index contributed by atoms with van der Waals surface area (Å²) in [6, 6.07) is 13.6. The molecule has 4 saturated heterocycles. The summed E-state index contributed by atoms with van der Waals surface area (Å²) in [5, 5.41) is 11.2. The normalized spacial score (nSPS) is 28.0. The van der Waals surface area contributed by atoms with Crippen molar-refractivity contribution in [3.05, 3.63) is 48.0 Å². The summed E-state index contributed by atoms with van der Waals surface area (Å²) in [5.74, 6) is 8.68. The minimum Gasteiger partial charge on any atom is -0.438 e. The maximum absolute atomic E-state index is 11.2. The maximum Gasteiger partial charge on any atom is 0.237 e. The molecule has 1 N–H and O–H groups in total. The van der Waals surface area contributed by atoms with E-state index in [1.54, 1.807) is 0 Å². The summed E-state index contributed by atoms with van der Waals surface area (Å²) >= 11 is 0. The molecule has 6 heteroatoms. The van der Waals surface area contributed by atoms with Gasteiger partial charge in [0.2, 0.25) is 5.88 Å². The Bertz CT molecular complexity index is 941. The number of aliphatic hydroxyl groups is 1. The van der Waals surface area contributed by atoms with Crippen molar-refractivity contribution in [2.24, 2.45) is 5.92 Å². The van der Waals surface area contributed by atoms with Gasteiger partial charge in [-0.15, -0.1) is 0 Å². The summed E-state index contributed by atoms with van der Waals surface area (Å²) in [5.41, 5.74) is -0.260. The Kier molecular flexibility index (Phi) is 5.34. The minimum atomic E-state index is -0.955. The zero-order valence-electron chi connectivity index (χ0n) is 17.1. The van der Waals surface area contributed by atoms with Gasteiger partial charge >= 0.3 is 0 Å². The number of fused-ring (bicyclic) bond motifs is 3. The molecule has 0 aliphatic carbocycles. The van der Waals surface area contributed by atoms with Crippen molar-refractivity contribution in [3.63, 3.8) is 0 Å². The van der Waals surface area contributed by atoms with Crippen LogP contribution in [-0.2, 0) is 4.74 Å². The average molecular weight is 405 g/mol. The predicted molar refractivity (Wildman–Crippen MR) is 115 cm³/mol. The number of pyridine rings is 1. The van der Waals surface area contributed by atoms with E-state index in [9.17, 15) is 5.11 Å². The molecule has 0 radical (unpaired) electrons. The van der Waals surface area contributed by atoms with Gasteiger partial charge in [0.05, 0.1) is 18.8 Å². The first-order chi connectivity index (χ1) is 14.7. The monoisotopic (exact) mass is 405 g/mol. The third kappa shape index (κ3) is 4.01. The van der Waals surface area contributed by atoms with Crippen molar-refractivity contribution in [2.75, 3.05) is 50.8 Å². The van der Waals surface area contributed by atoms with Crippen LogP contribution >= 0.6 is 0 Å². The lowest BCUT2D eigenvalue weighted by atomic mass is 9.76. The number of piperidine rings is 3. The molecule has 0 saturated carbocycles. The highest BCUT2D eigenvalue weighted by Crippen LogP contribution is 2.35. The fourth-order valence-corrected chi connectivity index (χ4v) is 4.53. The van der Waals surface area contributed by atoms with E-state index in [0.29, 0.717) is 37.0 Å². The molecule has 1 atom stereocenters. The van der Waals surface area contributed by atoms with Gasteiger partial charge in [0.25, 0.3) is 0 Å². The standard InChI is InChI=1S/C24H27N3O3/c28-24(18-26-12-9-20(24)10-13-26)11-8-19-6-7-22(27-14-16-29-17-15-27)25-23(19)30-21-4-2-1-3-5-21/h1-7,20,28H,9-10,12-18H2. The molecule has 6 rings (SSSR count). The number of nitrogens with zero attached hydrogens (tertiary/aromatic N) is 3. The van der Waals surface area contributed by atoms with Gasteiger partial charge in [-0.1, -0.05) is 30.0 Å². The topological polar surface area (TPSA) is 58.1 Å². The lowest BCUT2D eigenvalue weighted by Crippen LogP contribution is -2.58. The van der Waals surface area contributed by atoms with Gasteiger partial charge in [0.15, 0.2) is 0 Å². The first-order valence-electron chi connectivity index (χ1n) is 10.7. The molecule has 1 aromatic heterocycles. The van der Waals surface area contributed by atoms with Crippen molar-refractivity contribution >= 4 is 5.82 Å². The SMILES string of the molecule is OC1(C#Cc2ccc(N3CCOCC3)nc2Oc2ccccc2)CN2CCC1CC2. The number of hydrogen-bond donors (Lipinski definition) is 1. The van der Waals surface area contributed by atoms with Crippen LogP contribution in [0.2, 0.25) is 0 Å². The predicted octanol–water partition coefficient (Wildman–Crippen LogP) is 2.52. The Morgan fingerprint density at radius 2 is 1.80 bits per heavy atom. The molecular weight excluding hydrogens is 378 g/mol. The Balaban J connectivity index is 1.46. The van der Waals surface area contributed by atoms with E-state index in [1.165, 1.54) is 0 Å². The molecule has 5 heterocycles. The number of benzene rings is 1. The summed E-state index contributed by atoms with van der Waals surface area (Å²) < 4.78 is 11.6. The van der Waals surface area contributed by atoms with Crippen molar-refractivity contribution in [1.29, 1.82) is 0 Å². The van der Waals surface area contributed by atoms with E-state index in [4.69, 9.17) is 14.5 Å². The first-order valence-corrected chi connectivity index (χ1v) is 10.7. The second-order valence-electron chi connectivity index (χ2n) is 8.26. The lowest BCUT2D eigenvalue weighted by molar-refractivity contribution is -0.0713. The van der Waals surface area contributed by atoms with Crippen LogP contribution in [-0.4, -0.2) is 66.5 Å². The fraction of sp³-hybridized carbons (Fsp3) is 0.458. The van der Waals surface area contributed by atoms with E-state index < -0.39 is 5.60 Å². The maximum atomic E-state index is 11.2. The van der Waals surface area contributed by atoms with Crippen LogP contribution in [0.4, 0.5) is 5.82 Å². The molecule has 4 fully saturated rings. The van der Waals surface area contributed by atoms with E-state index in [-0.39, 0.29) is 5.92 Å². The largest absolute Gasteiger partial charge is 0.438 e. The molecular formula is C24H27N3O3. The second kappa shape index (κ2) is 8.27. The third-order valence-corrected chi connectivity index (χ3v) is 6.28. The van der Waals surface area contributed by atoms with Gasteiger partial charge in [-0.05, 0) is 50.2 Å². The van der Waals surface area contributed by atoms with Crippen LogP contribution in [0.25, 0.3) is 0 Å². The number of anilines is 1. The second-order valence-corrected chi connectivity index (χ2v) is 8.26. The highest BCUT2D eigenvalue weighted by Gasteiger charge is 2.44. The number of morpholine rings is 1. The molecule has 6 nitrogen and oxygen atoms in total. The summed E-state index contributed by atoms with van der Waals surface area (Å²) in [6.07, 6.45) is 2.01. The highest BCUT2D eigenvalue weighted by atomic mass is 16.5. The molecule has 0 spiro atoms. The van der Waals surface area contributed by atoms with E-state index in [1.807, 2.05) is 42.5 Å². The third-order valence-electron chi connectivity index (χ3n) is 6.28. The molecule has 1 unspecified atom stereocenters. The molecule has 1 aromatic carbocycles. The summed E-state index contributed by atoms with van der Waals surface area (Å²) in [6.45, 7) is 5.75. The average Bonchev–Trinajstić information content (AvgIpc) is 2.80. The lowest BCUT2D eigenvalue weighted by Gasteiger charge is -2.47. The number of ether oxygens (including phenoxy) is 2. The highest BCUT2D eigenvalue weighted by molar-refractivity contribution is 5.52. The summed E-state index contributed by atoms with van der Waals surface area (Å²) in [7, 11) is 0. The summed E-state index contributed by atoms with van der Waals surface area (Å²) in [4.78, 5) is 9.28. The van der Waals surface area contributed by atoms with Crippen molar-refractivity contribution in [3.8, 4) is 23.5 Å². The van der Waals surface area contributed by atoms with E-state index in [0.717, 1.165) is 44.8 Å². The van der Waals surface area contributed by atoms with Crippen LogP contribution in [0, 0.1) is 17.8 Å². The Hall–Kier alpha value is -2.59. The van der Waals surface area contributed by atoms with Crippen molar-refractivity contribution in [1.82, 2.24) is 9.88 Å². The van der Waals surface area contributed by atoms with Crippen molar-refractivity contribution < 1.29 is 14.6 Å². The smallest absolute Gasteiger partial charge is 0.237 e. The zero-order valence-corrected chi connectivity index (χ0v) is 17.1. The zero-order chi connectivity index (χ0) is 20.4. The Morgan fingerprint density at radius 1 is 1.03 bits per heavy atom. The molecule has 156 valence electrons. The molecule has 2 bridgehead atoms. The van der Waals surface area contributed by atoms with E-state index >= 15 is 0 Å². The minimum absolute atomic E-state index is 0.245. The van der Waals surface area contributed by atoms with Crippen LogP contribution in [0.3, 0.4) is 0 Å². The number of hydrogen-bond acceptors (Lipinski definition) is 6. The number of rotatable bonds is 3. The van der Waals surface area contributed by atoms with Gasteiger partial charge < -0.3 is 19.5 Å². The van der Waals surface area contributed by atoms with Crippen LogP contribution in [0.5, 0.6) is 11.6 Å². The van der Waals surface area contributed by atoms with Crippen molar-refractivity contribution in [2.45, 2.75) is 18.4 Å². The molecule has 4 aliphatic rings. The van der Waals surface area contributed by atoms with E-state index in [2.05, 4.69) is 21.6 Å². The number of para-hydroxylation sites is 1. The molecule has 0 amide bonds. The van der Waals surface area contributed by atoms with Gasteiger partial charge in [-0.25, -0.2) is 0 Å². The van der Waals surface area contributed by atoms with Crippen LogP contribution in [0.15, 0.2) is 42.5 Å². The molecule has 30 heavy (non-hydrogen) atoms. The van der Waals surface area contributed by atoms with Gasteiger partial charge in [-0.3, -0.25) is 4.90 Å². The van der Waals surface area contributed by atoms with Gasteiger partial charge in [0, 0.05) is 25.6 Å². The van der Waals surface area contributed by atoms with Crippen LogP contribution in [0.1, 0.15) is 18.4 Å². The van der Waals surface area contributed by atoms with Gasteiger partial charge in [-0.2, -0.15) is 4.98 Å². The molecule has 2 aromatic rings. The first kappa shape index (κ1) is 19.4. The Morgan fingerprint density at radius 3 is 2.50 bits per heavy atom. The van der Waals surface area contributed by atoms with Crippen LogP contribution < -0.4 is 9.64 Å².